The first kappa shape index (κ1) is 19.9. The maximum absolute atomic E-state index is 13.0. The Bertz CT molecular complexity index is 705. The summed E-state index contributed by atoms with van der Waals surface area (Å²) < 4.78 is 28.6. The van der Waals surface area contributed by atoms with Gasteiger partial charge in [0.2, 0.25) is 0 Å². The van der Waals surface area contributed by atoms with Crippen molar-refractivity contribution in [3.8, 4) is 11.5 Å². The molecule has 7 nitrogen and oxygen atoms in total. The van der Waals surface area contributed by atoms with Gasteiger partial charge in [-0.3, -0.25) is 0 Å². The largest absolute Gasteiger partial charge is 0.564 e. The number of nitrogens with zero attached hydrogens (tertiary/aromatic N) is 1. The van der Waals surface area contributed by atoms with E-state index in [1.54, 1.807) is 29.3 Å². The zero-order chi connectivity index (χ0) is 19.1. The van der Waals surface area contributed by atoms with Crippen LogP contribution < -0.4 is 9.78 Å². The van der Waals surface area contributed by atoms with Crippen LogP contribution in [0.15, 0.2) is 48.5 Å². The fraction of sp³-hybridized carbons (Fsp3) is 0.368. The van der Waals surface area contributed by atoms with E-state index in [-0.39, 0.29) is 0 Å². The second-order valence-corrected chi connectivity index (χ2v) is 7.82. The first-order valence-electron chi connectivity index (χ1n) is 8.93. The Morgan fingerprint density at radius 3 is 1.63 bits per heavy atom. The van der Waals surface area contributed by atoms with Gasteiger partial charge in [0.1, 0.15) is 0 Å². The summed E-state index contributed by atoms with van der Waals surface area (Å²) in [5.74, 6) is 0.754. The molecule has 1 fully saturated rings. The summed E-state index contributed by atoms with van der Waals surface area (Å²) in [5, 5.41) is 1.56. The van der Waals surface area contributed by atoms with Gasteiger partial charge in [-0.15, -0.1) is 0 Å². The van der Waals surface area contributed by atoms with Crippen molar-refractivity contribution in [3.63, 3.8) is 0 Å². The number of aryl methyl sites for hydroxylation is 2. The third kappa shape index (κ3) is 6.34. The highest BCUT2D eigenvalue weighted by Crippen LogP contribution is 2.51. The molecule has 0 bridgehead atoms. The van der Waals surface area contributed by atoms with E-state index in [4.69, 9.17) is 23.7 Å². The predicted molar refractivity (Wildman–Crippen MR) is 99.9 cm³/mol. The molecule has 2 aromatic carbocycles. The SMILES string of the molecule is Cc1ccc(OOP(=O)(OOc2ccc(C)cc2)ON2CCCCC2)cc1. The molecule has 0 saturated carbocycles. The molecular formula is C19H24NO6P. The molecule has 1 aliphatic rings. The molecule has 0 N–H and O–H groups in total. The van der Waals surface area contributed by atoms with E-state index < -0.39 is 7.82 Å². The third-order valence-corrected chi connectivity index (χ3v) is 4.97. The van der Waals surface area contributed by atoms with Crippen LogP contribution in [0, 0.1) is 13.8 Å². The molecule has 0 spiro atoms. The highest BCUT2D eigenvalue weighted by molar-refractivity contribution is 7.48. The van der Waals surface area contributed by atoms with Gasteiger partial charge in [-0.2, -0.15) is 9.69 Å². The van der Waals surface area contributed by atoms with Crippen molar-refractivity contribution in [3.05, 3.63) is 59.7 Å². The van der Waals surface area contributed by atoms with Crippen molar-refractivity contribution in [2.24, 2.45) is 0 Å². The lowest BCUT2D eigenvalue weighted by atomic mass is 10.2. The van der Waals surface area contributed by atoms with E-state index in [1.165, 1.54) is 0 Å². The van der Waals surface area contributed by atoms with Gasteiger partial charge >= 0.3 is 7.82 Å². The second-order valence-electron chi connectivity index (χ2n) is 6.46. The number of hydrogen-bond donors (Lipinski definition) is 0. The van der Waals surface area contributed by atoms with E-state index in [0.717, 1.165) is 30.4 Å². The van der Waals surface area contributed by atoms with Crippen LogP contribution in [-0.2, 0) is 18.5 Å². The van der Waals surface area contributed by atoms with Gasteiger partial charge in [-0.1, -0.05) is 51.2 Å². The first-order chi connectivity index (χ1) is 13.0. The number of piperidine rings is 1. The molecule has 1 aliphatic heterocycles. The van der Waals surface area contributed by atoms with Crippen molar-refractivity contribution < 1.29 is 28.3 Å². The van der Waals surface area contributed by atoms with Crippen molar-refractivity contribution in [2.45, 2.75) is 33.1 Å². The third-order valence-electron chi connectivity index (χ3n) is 4.02. The van der Waals surface area contributed by atoms with Gasteiger partial charge < -0.3 is 9.78 Å². The van der Waals surface area contributed by atoms with Crippen LogP contribution in [0.2, 0.25) is 0 Å². The van der Waals surface area contributed by atoms with Gasteiger partial charge in [-0.05, 0) is 51.0 Å². The number of phosphoric acid groups is 1. The van der Waals surface area contributed by atoms with Gasteiger partial charge in [0, 0.05) is 13.1 Å². The summed E-state index contributed by atoms with van der Waals surface area (Å²) in [6, 6.07) is 14.2. The van der Waals surface area contributed by atoms with Crippen molar-refractivity contribution in [1.82, 2.24) is 5.06 Å². The molecule has 0 amide bonds. The molecule has 0 aliphatic carbocycles. The average Bonchev–Trinajstić information content (AvgIpc) is 2.68. The van der Waals surface area contributed by atoms with E-state index in [9.17, 15) is 4.57 Å². The molecule has 8 heteroatoms. The summed E-state index contributed by atoms with van der Waals surface area (Å²) in [6.45, 7) is 5.17. The molecule has 27 heavy (non-hydrogen) atoms. The summed E-state index contributed by atoms with van der Waals surface area (Å²) in [4.78, 5) is 10.3. The monoisotopic (exact) mass is 393 g/mol. The van der Waals surface area contributed by atoms with Crippen LogP contribution in [0.3, 0.4) is 0 Å². The standard InChI is InChI=1S/C19H24NO6P/c1-16-6-10-18(11-7-16)22-25-27(21,24-20-14-4-3-5-15-20)26-23-19-12-8-17(2)9-13-19/h6-13H,3-5,14-15H2,1-2H3. The van der Waals surface area contributed by atoms with Crippen molar-refractivity contribution in [2.75, 3.05) is 13.1 Å². The molecule has 146 valence electrons. The van der Waals surface area contributed by atoms with Gasteiger partial charge in [0.15, 0.2) is 11.5 Å². The Morgan fingerprint density at radius 2 is 1.19 bits per heavy atom. The maximum Gasteiger partial charge on any atom is 0.564 e. The number of benzene rings is 2. The summed E-state index contributed by atoms with van der Waals surface area (Å²) in [5.41, 5.74) is 2.13. The van der Waals surface area contributed by atoms with Crippen molar-refractivity contribution >= 4 is 7.82 Å². The molecule has 0 atom stereocenters. The van der Waals surface area contributed by atoms with Gasteiger partial charge in [-0.25, -0.2) is 4.57 Å². The fourth-order valence-corrected chi connectivity index (χ4v) is 3.37. The Morgan fingerprint density at radius 1 is 0.741 bits per heavy atom. The van der Waals surface area contributed by atoms with E-state index in [0.29, 0.717) is 24.6 Å². The van der Waals surface area contributed by atoms with Gasteiger partial charge in [0.25, 0.3) is 0 Å². The Kier molecular flexibility index (Phi) is 6.88. The zero-order valence-corrected chi connectivity index (χ0v) is 16.4. The quantitative estimate of drug-likeness (QED) is 0.349. The van der Waals surface area contributed by atoms with Crippen LogP contribution in [0.25, 0.3) is 0 Å². The lowest BCUT2D eigenvalue weighted by Gasteiger charge is -2.27. The fourth-order valence-electron chi connectivity index (χ4n) is 2.49. The van der Waals surface area contributed by atoms with Crippen molar-refractivity contribution in [1.29, 1.82) is 0 Å². The molecule has 2 aromatic rings. The molecule has 0 aromatic heterocycles. The lowest BCUT2D eigenvalue weighted by Crippen LogP contribution is -2.29. The summed E-state index contributed by atoms with van der Waals surface area (Å²) in [7, 11) is -4.16. The molecule has 0 unspecified atom stereocenters. The second kappa shape index (κ2) is 9.35. The smallest absolute Gasteiger partial charge is 0.327 e. The Labute approximate surface area is 159 Å². The minimum Gasteiger partial charge on any atom is -0.327 e. The van der Waals surface area contributed by atoms with Crippen LogP contribution in [-0.4, -0.2) is 18.2 Å². The van der Waals surface area contributed by atoms with E-state index >= 15 is 0 Å². The predicted octanol–water partition coefficient (Wildman–Crippen LogP) is 5.15. The maximum atomic E-state index is 13.0. The summed E-state index contributed by atoms with van der Waals surface area (Å²) in [6.07, 6.45) is 2.99. The normalized spacial score (nSPS) is 15.5. The number of hydrogen-bond acceptors (Lipinski definition) is 7. The van der Waals surface area contributed by atoms with Crippen LogP contribution >= 0.6 is 7.82 Å². The van der Waals surface area contributed by atoms with E-state index in [1.807, 2.05) is 38.1 Å². The van der Waals surface area contributed by atoms with Crippen LogP contribution in [0.4, 0.5) is 0 Å². The first-order valence-corrected chi connectivity index (χ1v) is 10.4. The highest BCUT2D eigenvalue weighted by atomic mass is 31.2. The van der Waals surface area contributed by atoms with Gasteiger partial charge in [0.05, 0.1) is 0 Å². The molecule has 0 radical (unpaired) electrons. The molecule has 1 heterocycles. The van der Waals surface area contributed by atoms with Crippen LogP contribution in [0.5, 0.6) is 11.5 Å². The van der Waals surface area contributed by atoms with E-state index in [2.05, 4.69) is 0 Å². The Balaban J connectivity index is 1.65. The summed E-state index contributed by atoms with van der Waals surface area (Å²) >= 11 is 0. The highest BCUT2D eigenvalue weighted by Gasteiger charge is 2.36. The minimum absolute atomic E-state index is 0.377. The average molecular weight is 393 g/mol. The molecular weight excluding hydrogens is 369 g/mol. The number of rotatable bonds is 8. The topological polar surface area (TPSA) is 66.5 Å². The zero-order valence-electron chi connectivity index (χ0n) is 15.5. The number of hydroxylamine groups is 2. The lowest BCUT2D eigenvalue weighted by molar-refractivity contribution is -0.224. The molecule has 3 rings (SSSR count). The molecule has 1 saturated heterocycles. The Hall–Kier alpha value is -1.89. The van der Waals surface area contributed by atoms with Crippen LogP contribution in [0.1, 0.15) is 30.4 Å². The minimum atomic E-state index is -4.16.